The lowest BCUT2D eigenvalue weighted by Gasteiger charge is -2.30. The lowest BCUT2D eigenvalue weighted by atomic mass is 9.79. The molecule has 0 fully saturated rings. The van der Waals surface area contributed by atoms with Crippen molar-refractivity contribution in [3.8, 4) is 0 Å². The van der Waals surface area contributed by atoms with Crippen molar-refractivity contribution < 1.29 is 5.11 Å². The first-order chi connectivity index (χ1) is 6.24. The Kier molecular flexibility index (Phi) is 7.87. The number of hydrogen-bond acceptors (Lipinski definition) is 2. The molecule has 1 atom stereocenters. The molecule has 1 nitrogen and oxygen atoms in total. The number of aliphatic hydroxyl groups is 1. The maximum absolute atomic E-state index is 9.42. The molecule has 2 heteroatoms. The van der Waals surface area contributed by atoms with Gasteiger partial charge in [0, 0.05) is 6.61 Å². The van der Waals surface area contributed by atoms with Gasteiger partial charge in [-0.1, -0.05) is 26.7 Å². The van der Waals surface area contributed by atoms with Crippen molar-refractivity contribution in [3.63, 3.8) is 0 Å². The molecule has 0 rings (SSSR count). The lowest BCUT2D eigenvalue weighted by Crippen LogP contribution is -2.25. The predicted molar refractivity (Wildman–Crippen MR) is 62.3 cm³/mol. The molecule has 0 aromatic heterocycles. The van der Waals surface area contributed by atoms with Crippen LogP contribution < -0.4 is 0 Å². The molecule has 0 amide bonds. The number of rotatable bonds is 8. The molecule has 0 heterocycles. The molecule has 0 aliphatic rings. The van der Waals surface area contributed by atoms with Crippen LogP contribution in [0.3, 0.4) is 0 Å². The Labute approximate surface area is 87.3 Å². The highest BCUT2D eigenvalue weighted by Gasteiger charge is 2.25. The summed E-state index contributed by atoms with van der Waals surface area (Å²) < 4.78 is 0. The van der Waals surface area contributed by atoms with Crippen LogP contribution in [0.5, 0.6) is 0 Å². The molecule has 1 unspecified atom stereocenters. The zero-order chi connectivity index (χ0) is 10.2. The first-order valence-electron chi connectivity index (χ1n) is 5.34. The van der Waals surface area contributed by atoms with Gasteiger partial charge < -0.3 is 5.11 Å². The normalized spacial score (nSPS) is 15.7. The lowest BCUT2D eigenvalue weighted by molar-refractivity contribution is 0.104. The van der Waals surface area contributed by atoms with Crippen LogP contribution in [-0.2, 0) is 0 Å². The Morgan fingerprint density at radius 3 is 2.31 bits per heavy atom. The van der Waals surface area contributed by atoms with Crippen LogP contribution in [0.1, 0.15) is 46.0 Å². The van der Waals surface area contributed by atoms with Crippen LogP contribution in [0.25, 0.3) is 0 Å². The van der Waals surface area contributed by atoms with Gasteiger partial charge in [0.05, 0.1) is 0 Å². The van der Waals surface area contributed by atoms with Gasteiger partial charge in [-0.25, -0.2) is 0 Å². The van der Waals surface area contributed by atoms with E-state index in [9.17, 15) is 5.11 Å². The van der Waals surface area contributed by atoms with Crippen molar-refractivity contribution in [3.05, 3.63) is 0 Å². The maximum atomic E-state index is 9.42. The monoisotopic (exact) mass is 204 g/mol. The van der Waals surface area contributed by atoms with E-state index in [1.54, 1.807) is 0 Å². The minimum atomic E-state index is 0.221. The van der Waals surface area contributed by atoms with Crippen LogP contribution in [0, 0.1) is 5.41 Å². The minimum absolute atomic E-state index is 0.221. The first-order valence-corrected chi connectivity index (χ1v) is 6.74. The Balaban J connectivity index is 3.97. The molecule has 0 aromatic carbocycles. The van der Waals surface area contributed by atoms with Gasteiger partial charge in [-0.15, -0.1) is 0 Å². The van der Waals surface area contributed by atoms with Crippen molar-refractivity contribution in [1.29, 1.82) is 0 Å². The zero-order valence-corrected chi connectivity index (χ0v) is 10.1. The Morgan fingerprint density at radius 2 is 1.92 bits per heavy atom. The summed E-state index contributed by atoms with van der Waals surface area (Å²) in [6.45, 7) is 4.78. The van der Waals surface area contributed by atoms with Gasteiger partial charge in [0.15, 0.2) is 0 Å². The molecule has 0 bridgehead atoms. The second-order valence-corrected chi connectivity index (χ2v) is 4.84. The number of hydrogen-bond donors (Lipinski definition) is 1. The second kappa shape index (κ2) is 7.69. The molecule has 0 aromatic rings. The summed E-state index contributed by atoms with van der Waals surface area (Å²) in [6.07, 6.45) is 8.10. The topological polar surface area (TPSA) is 20.2 Å². The fourth-order valence-corrected chi connectivity index (χ4v) is 2.26. The molecule has 0 aliphatic carbocycles. The highest BCUT2D eigenvalue weighted by molar-refractivity contribution is 7.98. The summed E-state index contributed by atoms with van der Waals surface area (Å²) in [5, 5.41) is 9.42. The van der Waals surface area contributed by atoms with Gasteiger partial charge in [-0.05, 0) is 36.7 Å². The molecule has 0 saturated heterocycles. The summed E-state index contributed by atoms with van der Waals surface area (Å²) in [4.78, 5) is 0. The van der Waals surface area contributed by atoms with E-state index in [2.05, 4.69) is 20.1 Å². The molecule has 0 spiro atoms. The average molecular weight is 204 g/mol. The predicted octanol–water partition coefficient (Wildman–Crippen LogP) is 3.32. The fraction of sp³-hybridized carbons (Fsp3) is 1.00. The highest BCUT2D eigenvalue weighted by Crippen LogP contribution is 2.33. The third-order valence-electron chi connectivity index (χ3n) is 2.98. The summed E-state index contributed by atoms with van der Waals surface area (Å²) in [5.41, 5.74) is 0.221. The third kappa shape index (κ3) is 4.92. The van der Waals surface area contributed by atoms with E-state index in [1.807, 2.05) is 11.8 Å². The average Bonchev–Trinajstić information content (AvgIpc) is 2.20. The molecule has 0 aliphatic heterocycles. The Hall–Kier alpha value is 0.310. The highest BCUT2D eigenvalue weighted by atomic mass is 32.2. The zero-order valence-electron chi connectivity index (χ0n) is 9.31. The van der Waals surface area contributed by atoms with E-state index in [0.717, 1.165) is 6.42 Å². The Morgan fingerprint density at radius 1 is 1.23 bits per heavy atom. The smallest absolute Gasteiger partial charge is 0.0487 e. The van der Waals surface area contributed by atoms with Gasteiger partial charge in [0.25, 0.3) is 0 Å². The quantitative estimate of drug-likeness (QED) is 0.654. The van der Waals surface area contributed by atoms with Crippen molar-refractivity contribution in [2.45, 2.75) is 46.0 Å². The largest absolute Gasteiger partial charge is 0.396 e. The van der Waals surface area contributed by atoms with Gasteiger partial charge in [-0.3, -0.25) is 0 Å². The molecule has 0 radical (unpaired) electrons. The SMILES string of the molecule is CCCCC(CC)(CO)CCSC. The van der Waals surface area contributed by atoms with Gasteiger partial charge in [0.2, 0.25) is 0 Å². The number of unbranched alkanes of at least 4 members (excludes halogenated alkanes) is 1. The van der Waals surface area contributed by atoms with E-state index in [-0.39, 0.29) is 5.41 Å². The van der Waals surface area contributed by atoms with Gasteiger partial charge >= 0.3 is 0 Å². The van der Waals surface area contributed by atoms with Crippen molar-refractivity contribution in [1.82, 2.24) is 0 Å². The molecular weight excluding hydrogens is 180 g/mol. The van der Waals surface area contributed by atoms with Crippen molar-refractivity contribution in [2.75, 3.05) is 18.6 Å². The summed E-state index contributed by atoms with van der Waals surface area (Å²) in [5.74, 6) is 1.18. The number of thioether (sulfide) groups is 1. The molecule has 0 saturated carbocycles. The Bertz CT molecular complexity index is 101. The van der Waals surface area contributed by atoms with Gasteiger partial charge in [-0.2, -0.15) is 11.8 Å². The van der Waals surface area contributed by atoms with E-state index < -0.39 is 0 Å². The van der Waals surface area contributed by atoms with Crippen LogP contribution in [-0.4, -0.2) is 23.7 Å². The summed E-state index contributed by atoms with van der Waals surface area (Å²) in [6, 6.07) is 0. The third-order valence-corrected chi connectivity index (χ3v) is 3.59. The fourth-order valence-electron chi connectivity index (χ4n) is 1.62. The van der Waals surface area contributed by atoms with E-state index in [1.165, 1.54) is 31.4 Å². The number of aliphatic hydroxyl groups excluding tert-OH is 1. The van der Waals surface area contributed by atoms with E-state index in [0.29, 0.717) is 6.61 Å². The van der Waals surface area contributed by atoms with Gasteiger partial charge in [0.1, 0.15) is 0 Å². The molecule has 13 heavy (non-hydrogen) atoms. The first kappa shape index (κ1) is 13.3. The van der Waals surface area contributed by atoms with Crippen LogP contribution >= 0.6 is 11.8 Å². The van der Waals surface area contributed by atoms with Crippen LogP contribution in [0.4, 0.5) is 0 Å². The summed E-state index contributed by atoms with van der Waals surface area (Å²) in [7, 11) is 0. The van der Waals surface area contributed by atoms with Crippen LogP contribution in [0.2, 0.25) is 0 Å². The second-order valence-electron chi connectivity index (χ2n) is 3.86. The molecule has 1 N–H and O–H groups in total. The standard InChI is InChI=1S/C11H24OS/c1-4-6-7-11(5-2,10-12)8-9-13-3/h12H,4-10H2,1-3H3. The van der Waals surface area contributed by atoms with Crippen LogP contribution in [0.15, 0.2) is 0 Å². The maximum Gasteiger partial charge on any atom is 0.0487 e. The van der Waals surface area contributed by atoms with Crippen molar-refractivity contribution in [2.24, 2.45) is 5.41 Å². The molecular formula is C11H24OS. The van der Waals surface area contributed by atoms with Crippen molar-refractivity contribution >= 4 is 11.8 Å². The summed E-state index contributed by atoms with van der Waals surface area (Å²) >= 11 is 1.88. The molecule has 80 valence electrons. The minimum Gasteiger partial charge on any atom is -0.396 e. The van der Waals surface area contributed by atoms with E-state index >= 15 is 0 Å². The van der Waals surface area contributed by atoms with E-state index in [4.69, 9.17) is 0 Å².